The molecule has 0 aromatic heterocycles. The lowest BCUT2D eigenvalue weighted by Gasteiger charge is -2.33. The van der Waals surface area contributed by atoms with Gasteiger partial charge < -0.3 is 0 Å². The molecule has 0 saturated carbocycles. The highest BCUT2D eigenvalue weighted by Crippen LogP contribution is 2.26. The average molecular weight is 277 g/mol. The normalized spacial score (nSPS) is 17.9. The predicted octanol–water partition coefficient (Wildman–Crippen LogP) is 4.93. The largest absolute Gasteiger partial charge is 0.293 e. The Morgan fingerprint density at radius 1 is 0.762 bits per heavy atom. The molecule has 0 spiro atoms. The maximum Gasteiger partial charge on any atom is 0.0534 e. The van der Waals surface area contributed by atoms with Gasteiger partial charge in [-0.3, -0.25) is 4.90 Å². The van der Waals surface area contributed by atoms with E-state index in [-0.39, 0.29) is 0 Å². The van der Waals surface area contributed by atoms with E-state index in [4.69, 9.17) is 0 Å². The number of likely N-dealkylation sites (tertiary alicyclic amines) is 1. The quantitative estimate of drug-likeness (QED) is 0.766. The number of nitrogens with zero attached hydrogens (tertiary/aromatic N) is 1. The topological polar surface area (TPSA) is 3.24 Å². The zero-order valence-corrected chi connectivity index (χ0v) is 12.5. The Kier molecular flexibility index (Phi) is 4.86. The molecule has 0 radical (unpaired) electrons. The van der Waals surface area contributed by atoms with E-state index in [0.717, 1.165) is 0 Å². The summed E-state index contributed by atoms with van der Waals surface area (Å²) in [6, 6.07) is 21.8. The Hall–Kier alpha value is -1.86. The van der Waals surface area contributed by atoms with Crippen LogP contribution < -0.4 is 0 Å². The standard InChI is InChI=1S/C20H23N/c1-4-10-18(11-5-1)14-15-20(19-12-6-2-7-13-19)21-16-8-3-9-17-21/h1-2,4-7,10-15,20H,3,8-9,16-17H2/b15-14+/t20-/m0/s1. The average Bonchev–Trinajstić information content (AvgIpc) is 2.58. The molecule has 1 heterocycles. The van der Waals surface area contributed by atoms with Crippen LogP contribution in [0.3, 0.4) is 0 Å². The van der Waals surface area contributed by atoms with Crippen molar-refractivity contribution in [3.8, 4) is 0 Å². The van der Waals surface area contributed by atoms with Crippen molar-refractivity contribution >= 4 is 6.08 Å². The van der Waals surface area contributed by atoms with E-state index in [1.54, 1.807) is 0 Å². The first-order valence-electron chi connectivity index (χ1n) is 7.96. The van der Waals surface area contributed by atoms with Crippen LogP contribution in [0.2, 0.25) is 0 Å². The molecular formula is C20H23N. The molecule has 0 N–H and O–H groups in total. The van der Waals surface area contributed by atoms with Crippen LogP contribution in [0.25, 0.3) is 6.08 Å². The van der Waals surface area contributed by atoms with Gasteiger partial charge in [-0.2, -0.15) is 0 Å². The fourth-order valence-corrected chi connectivity index (χ4v) is 3.06. The first kappa shape index (κ1) is 14.1. The zero-order valence-electron chi connectivity index (χ0n) is 12.5. The zero-order chi connectivity index (χ0) is 14.3. The molecule has 1 heteroatoms. The summed E-state index contributed by atoms with van der Waals surface area (Å²) in [7, 11) is 0. The second-order valence-electron chi connectivity index (χ2n) is 5.72. The van der Waals surface area contributed by atoms with E-state index in [1.807, 2.05) is 0 Å². The molecule has 0 aliphatic carbocycles. The summed E-state index contributed by atoms with van der Waals surface area (Å²) in [4.78, 5) is 2.61. The number of hydrogen-bond donors (Lipinski definition) is 0. The van der Waals surface area contributed by atoms with Gasteiger partial charge in [0.25, 0.3) is 0 Å². The van der Waals surface area contributed by atoms with Gasteiger partial charge in [-0.25, -0.2) is 0 Å². The second-order valence-corrected chi connectivity index (χ2v) is 5.72. The minimum atomic E-state index is 0.395. The maximum absolute atomic E-state index is 2.61. The molecule has 1 aliphatic heterocycles. The van der Waals surface area contributed by atoms with Crippen LogP contribution in [0.1, 0.15) is 36.4 Å². The van der Waals surface area contributed by atoms with Crippen LogP contribution in [0, 0.1) is 0 Å². The lowest BCUT2D eigenvalue weighted by Crippen LogP contribution is -2.32. The van der Waals surface area contributed by atoms with Crippen molar-refractivity contribution in [3.05, 3.63) is 77.9 Å². The van der Waals surface area contributed by atoms with Crippen LogP contribution in [-0.2, 0) is 0 Å². The first-order chi connectivity index (χ1) is 10.4. The third-order valence-corrected chi connectivity index (χ3v) is 4.20. The lowest BCUT2D eigenvalue weighted by atomic mass is 10.0. The molecule has 0 amide bonds. The fraction of sp³-hybridized carbons (Fsp3) is 0.300. The van der Waals surface area contributed by atoms with E-state index in [2.05, 4.69) is 77.7 Å². The second kappa shape index (κ2) is 7.24. The van der Waals surface area contributed by atoms with Gasteiger partial charge >= 0.3 is 0 Å². The van der Waals surface area contributed by atoms with Gasteiger partial charge in [0, 0.05) is 0 Å². The van der Waals surface area contributed by atoms with Gasteiger partial charge in [0.2, 0.25) is 0 Å². The Bertz CT molecular complexity index is 553. The van der Waals surface area contributed by atoms with Crippen LogP contribution in [0.15, 0.2) is 66.7 Å². The van der Waals surface area contributed by atoms with E-state index >= 15 is 0 Å². The number of piperidine rings is 1. The summed E-state index contributed by atoms with van der Waals surface area (Å²) in [5, 5.41) is 0. The molecular weight excluding hydrogens is 254 g/mol. The van der Waals surface area contributed by atoms with Gasteiger partial charge in [-0.15, -0.1) is 0 Å². The van der Waals surface area contributed by atoms with Crippen molar-refractivity contribution < 1.29 is 0 Å². The van der Waals surface area contributed by atoms with Crippen molar-refractivity contribution in [1.82, 2.24) is 4.90 Å². The van der Waals surface area contributed by atoms with Gasteiger partial charge in [0.05, 0.1) is 6.04 Å². The Morgan fingerprint density at radius 3 is 2.05 bits per heavy atom. The molecule has 1 fully saturated rings. The molecule has 0 unspecified atom stereocenters. The van der Waals surface area contributed by atoms with Crippen LogP contribution in [-0.4, -0.2) is 18.0 Å². The molecule has 108 valence electrons. The number of benzene rings is 2. The maximum atomic E-state index is 2.61. The monoisotopic (exact) mass is 277 g/mol. The minimum absolute atomic E-state index is 0.395. The highest BCUT2D eigenvalue weighted by atomic mass is 15.2. The highest BCUT2D eigenvalue weighted by molar-refractivity contribution is 5.50. The van der Waals surface area contributed by atoms with Crippen LogP contribution >= 0.6 is 0 Å². The lowest BCUT2D eigenvalue weighted by molar-refractivity contribution is 0.192. The SMILES string of the molecule is C(=C\[C@@H](c1ccccc1)N1CCCCC1)/c1ccccc1. The van der Waals surface area contributed by atoms with Crippen molar-refractivity contribution in [2.45, 2.75) is 25.3 Å². The summed E-state index contributed by atoms with van der Waals surface area (Å²) in [5.41, 5.74) is 2.67. The van der Waals surface area contributed by atoms with Gasteiger partial charge in [0.15, 0.2) is 0 Å². The van der Waals surface area contributed by atoms with E-state index in [9.17, 15) is 0 Å². The molecule has 2 aromatic carbocycles. The molecule has 1 aliphatic rings. The molecule has 3 rings (SSSR count). The minimum Gasteiger partial charge on any atom is -0.293 e. The first-order valence-corrected chi connectivity index (χ1v) is 7.96. The van der Waals surface area contributed by atoms with Crippen molar-refractivity contribution in [3.63, 3.8) is 0 Å². The summed E-state index contributed by atoms with van der Waals surface area (Å²) in [5.74, 6) is 0. The molecule has 1 saturated heterocycles. The number of rotatable bonds is 4. The van der Waals surface area contributed by atoms with Crippen molar-refractivity contribution in [2.24, 2.45) is 0 Å². The number of hydrogen-bond acceptors (Lipinski definition) is 1. The molecule has 21 heavy (non-hydrogen) atoms. The van der Waals surface area contributed by atoms with Crippen LogP contribution in [0.4, 0.5) is 0 Å². The summed E-state index contributed by atoms with van der Waals surface area (Å²) < 4.78 is 0. The van der Waals surface area contributed by atoms with Gasteiger partial charge in [0.1, 0.15) is 0 Å². The third-order valence-electron chi connectivity index (χ3n) is 4.20. The molecule has 0 bridgehead atoms. The Balaban J connectivity index is 1.83. The van der Waals surface area contributed by atoms with Crippen molar-refractivity contribution in [2.75, 3.05) is 13.1 Å². The van der Waals surface area contributed by atoms with E-state index in [0.29, 0.717) is 6.04 Å². The summed E-state index contributed by atoms with van der Waals surface area (Å²) in [6.07, 6.45) is 8.63. The summed E-state index contributed by atoms with van der Waals surface area (Å²) >= 11 is 0. The third kappa shape index (κ3) is 3.83. The summed E-state index contributed by atoms with van der Waals surface area (Å²) in [6.45, 7) is 2.41. The van der Waals surface area contributed by atoms with E-state index in [1.165, 1.54) is 43.5 Å². The highest BCUT2D eigenvalue weighted by Gasteiger charge is 2.19. The smallest absolute Gasteiger partial charge is 0.0534 e. The van der Waals surface area contributed by atoms with Crippen LogP contribution in [0.5, 0.6) is 0 Å². The van der Waals surface area contributed by atoms with Crippen molar-refractivity contribution in [1.29, 1.82) is 0 Å². The Labute approximate surface area is 127 Å². The van der Waals surface area contributed by atoms with Gasteiger partial charge in [-0.05, 0) is 37.1 Å². The molecule has 2 aromatic rings. The molecule has 1 nitrogen and oxygen atoms in total. The Morgan fingerprint density at radius 2 is 1.38 bits per heavy atom. The van der Waals surface area contributed by atoms with Gasteiger partial charge in [-0.1, -0.05) is 79.2 Å². The van der Waals surface area contributed by atoms with E-state index < -0.39 is 0 Å². The fourth-order valence-electron chi connectivity index (χ4n) is 3.06. The predicted molar refractivity (Wildman–Crippen MR) is 90.1 cm³/mol. The molecule has 1 atom stereocenters.